The molecular formula is C31H33NO7S2. The van der Waals surface area contributed by atoms with E-state index in [1.165, 1.54) is 43.6 Å². The minimum atomic E-state index is -4.18. The molecule has 0 fully saturated rings. The van der Waals surface area contributed by atoms with Crippen LogP contribution < -0.4 is 4.74 Å². The topological polar surface area (TPSA) is 109 Å². The predicted molar refractivity (Wildman–Crippen MR) is 158 cm³/mol. The number of hydrogen-bond donors (Lipinski definition) is 0. The van der Waals surface area contributed by atoms with Crippen molar-refractivity contribution in [1.29, 1.82) is 0 Å². The monoisotopic (exact) mass is 595 g/mol. The Bertz CT molecular complexity index is 1800. The second-order valence-electron chi connectivity index (χ2n) is 9.69. The lowest BCUT2D eigenvalue weighted by Gasteiger charge is -2.14. The third-order valence-corrected chi connectivity index (χ3v) is 10.2. The number of benzene rings is 3. The van der Waals surface area contributed by atoms with Crippen LogP contribution in [0.15, 0.2) is 93.7 Å². The zero-order valence-corrected chi connectivity index (χ0v) is 25.1. The molecule has 0 aliphatic heterocycles. The maximum absolute atomic E-state index is 14.1. The number of methoxy groups -OCH3 is 1. The highest BCUT2D eigenvalue weighted by Crippen LogP contribution is 2.39. The molecule has 0 radical (unpaired) electrons. The van der Waals surface area contributed by atoms with Crippen LogP contribution in [-0.2, 0) is 35.8 Å². The molecule has 10 heteroatoms. The summed E-state index contributed by atoms with van der Waals surface area (Å²) in [6, 6.07) is 15.9. The standard InChI is InChI=1S/C31H33NO7S2/c1-5-6-20-39-28-19-18-27-31(26(28)8-7-9-30(33)38-4)29(40(34,35)24-14-10-22(2)11-15-24)21-32(27)41(36,37)25-16-12-23(3)13-17-25/h7,9-19,21H,5-6,8,20H2,1-4H3/b9-7+. The number of esters is 1. The average Bonchev–Trinajstić information content (AvgIpc) is 3.36. The van der Waals surface area contributed by atoms with Gasteiger partial charge in [0.15, 0.2) is 0 Å². The first kappa shape index (κ1) is 30.1. The Morgan fingerprint density at radius 1 is 0.878 bits per heavy atom. The van der Waals surface area contributed by atoms with E-state index in [0.29, 0.717) is 17.9 Å². The van der Waals surface area contributed by atoms with Gasteiger partial charge in [0, 0.05) is 23.2 Å². The van der Waals surface area contributed by atoms with Gasteiger partial charge in [0.1, 0.15) is 5.75 Å². The van der Waals surface area contributed by atoms with Gasteiger partial charge >= 0.3 is 5.97 Å². The van der Waals surface area contributed by atoms with Crippen molar-refractivity contribution < 1.29 is 31.1 Å². The molecule has 216 valence electrons. The molecule has 0 saturated heterocycles. The molecule has 0 aliphatic carbocycles. The Hall–Kier alpha value is -3.89. The number of nitrogens with zero attached hydrogens (tertiary/aromatic N) is 1. The molecule has 0 atom stereocenters. The number of carbonyl (C=O) groups is 1. The van der Waals surface area contributed by atoms with Gasteiger partial charge in [0.2, 0.25) is 9.84 Å². The molecule has 8 nitrogen and oxygen atoms in total. The van der Waals surface area contributed by atoms with E-state index in [1.807, 2.05) is 20.8 Å². The van der Waals surface area contributed by atoms with Gasteiger partial charge < -0.3 is 9.47 Å². The van der Waals surface area contributed by atoms with Gasteiger partial charge in [-0.05, 0) is 63.1 Å². The van der Waals surface area contributed by atoms with Crippen molar-refractivity contribution in [3.63, 3.8) is 0 Å². The second-order valence-corrected chi connectivity index (χ2v) is 13.4. The highest BCUT2D eigenvalue weighted by atomic mass is 32.2. The van der Waals surface area contributed by atoms with Crippen molar-refractivity contribution >= 4 is 36.7 Å². The first-order valence-corrected chi connectivity index (χ1v) is 16.1. The summed E-state index contributed by atoms with van der Waals surface area (Å²) in [5.74, 6) is -0.163. The Morgan fingerprint density at radius 2 is 1.49 bits per heavy atom. The predicted octanol–water partition coefficient (Wildman–Crippen LogP) is 5.78. The Kier molecular flexibility index (Phi) is 9.04. The zero-order valence-electron chi connectivity index (χ0n) is 23.5. The number of carbonyl (C=O) groups excluding carboxylic acids is 1. The number of rotatable bonds is 11. The Balaban J connectivity index is 2.05. The van der Waals surface area contributed by atoms with Crippen molar-refractivity contribution in [3.05, 3.63) is 95.7 Å². The molecular weight excluding hydrogens is 562 g/mol. The fourth-order valence-corrected chi connectivity index (χ4v) is 7.31. The first-order valence-electron chi connectivity index (χ1n) is 13.2. The van der Waals surface area contributed by atoms with Gasteiger partial charge in [0.05, 0.1) is 33.9 Å². The maximum atomic E-state index is 14.1. The van der Waals surface area contributed by atoms with E-state index < -0.39 is 25.8 Å². The number of fused-ring (bicyclic) bond motifs is 1. The first-order chi connectivity index (χ1) is 19.5. The van der Waals surface area contributed by atoms with E-state index in [2.05, 4.69) is 0 Å². The minimum Gasteiger partial charge on any atom is -0.493 e. The Morgan fingerprint density at radius 3 is 2.07 bits per heavy atom. The number of aryl methyl sites for hydroxylation is 2. The third-order valence-electron chi connectivity index (χ3n) is 6.70. The van der Waals surface area contributed by atoms with Crippen molar-refractivity contribution in [1.82, 2.24) is 3.97 Å². The SMILES string of the molecule is CCCCOc1ccc2c(c(S(=O)(=O)c3ccc(C)cc3)cn2S(=O)(=O)c2ccc(C)cc2)c1C/C=C/C(=O)OC. The highest BCUT2D eigenvalue weighted by molar-refractivity contribution is 7.92. The number of hydrogen-bond acceptors (Lipinski definition) is 7. The highest BCUT2D eigenvalue weighted by Gasteiger charge is 2.30. The lowest BCUT2D eigenvalue weighted by Crippen LogP contribution is -2.12. The van der Waals surface area contributed by atoms with Gasteiger partial charge in [-0.25, -0.2) is 25.6 Å². The van der Waals surface area contributed by atoms with Gasteiger partial charge in [-0.1, -0.05) is 54.8 Å². The van der Waals surface area contributed by atoms with E-state index in [0.717, 1.165) is 27.9 Å². The summed E-state index contributed by atoms with van der Waals surface area (Å²) in [6.07, 6.45) is 5.70. The normalized spacial score (nSPS) is 12.2. The molecule has 0 aliphatic rings. The molecule has 0 amide bonds. The average molecular weight is 596 g/mol. The molecule has 0 N–H and O–H groups in total. The smallest absolute Gasteiger partial charge is 0.330 e. The lowest BCUT2D eigenvalue weighted by atomic mass is 10.1. The maximum Gasteiger partial charge on any atom is 0.330 e. The third kappa shape index (κ3) is 6.23. The van der Waals surface area contributed by atoms with E-state index in [9.17, 15) is 21.6 Å². The van der Waals surface area contributed by atoms with Crippen LogP contribution in [0.1, 0.15) is 36.5 Å². The van der Waals surface area contributed by atoms with Crippen LogP contribution in [0.5, 0.6) is 5.75 Å². The van der Waals surface area contributed by atoms with Crippen LogP contribution >= 0.6 is 0 Å². The van der Waals surface area contributed by atoms with Crippen LogP contribution in [0.4, 0.5) is 0 Å². The van der Waals surface area contributed by atoms with Gasteiger partial charge in [0.25, 0.3) is 10.0 Å². The van der Waals surface area contributed by atoms with Crippen LogP contribution in [-0.4, -0.2) is 40.5 Å². The fourth-order valence-electron chi connectivity index (χ4n) is 4.39. The van der Waals surface area contributed by atoms with E-state index in [-0.39, 0.29) is 32.0 Å². The number of aromatic nitrogens is 1. The molecule has 1 heterocycles. The molecule has 1 aromatic heterocycles. The van der Waals surface area contributed by atoms with Gasteiger partial charge in [-0.2, -0.15) is 0 Å². The summed E-state index contributed by atoms with van der Waals surface area (Å²) >= 11 is 0. The number of allylic oxidation sites excluding steroid dienone is 1. The molecule has 0 bridgehead atoms. The van der Waals surface area contributed by atoms with Crippen LogP contribution in [0.3, 0.4) is 0 Å². The summed E-state index contributed by atoms with van der Waals surface area (Å²) in [4.78, 5) is 11.7. The summed E-state index contributed by atoms with van der Waals surface area (Å²) in [5.41, 5.74) is 2.40. The zero-order chi connectivity index (χ0) is 29.8. The largest absolute Gasteiger partial charge is 0.493 e. The molecule has 4 aromatic rings. The number of ether oxygens (including phenoxy) is 2. The second kappa shape index (κ2) is 12.3. The van der Waals surface area contributed by atoms with E-state index in [1.54, 1.807) is 42.5 Å². The molecule has 0 saturated carbocycles. The molecule has 4 rings (SSSR count). The Labute approximate surface area is 241 Å². The number of unbranched alkanes of at least 4 members (excludes halogenated alkanes) is 1. The van der Waals surface area contributed by atoms with Crippen LogP contribution in [0.2, 0.25) is 0 Å². The van der Waals surface area contributed by atoms with Crippen molar-refractivity contribution in [2.75, 3.05) is 13.7 Å². The quantitative estimate of drug-likeness (QED) is 0.123. The molecule has 0 unspecified atom stereocenters. The number of sulfone groups is 1. The molecule has 3 aromatic carbocycles. The van der Waals surface area contributed by atoms with E-state index in [4.69, 9.17) is 9.47 Å². The lowest BCUT2D eigenvalue weighted by molar-refractivity contribution is -0.134. The van der Waals surface area contributed by atoms with Crippen LogP contribution in [0, 0.1) is 13.8 Å². The van der Waals surface area contributed by atoms with Gasteiger partial charge in [-0.3, -0.25) is 0 Å². The van der Waals surface area contributed by atoms with Crippen LogP contribution in [0.25, 0.3) is 10.9 Å². The van der Waals surface area contributed by atoms with Crippen molar-refractivity contribution in [2.24, 2.45) is 0 Å². The van der Waals surface area contributed by atoms with Gasteiger partial charge in [-0.15, -0.1) is 0 Å². The molecule has 0 spiro atoms. The van der Waals surface area contributed by atoms with Crippen molar-refractivity contribution in [2.45, 2.75) is 54.7 Å². The fraction of sp³-hybridized carbons (Fsp3) is 0.258. The minimum absolute atomic E-state index is 0.0229. The summed E-state index contributed by atoms with van der Waals surface area (Å²) in [6.45, 7) is 6.11. The summed E-state index contributed by atoms with van der Waals surface area (Å²) in [5, 5.41) is 0.213. The summed E-state index contributed by atoms with van der Waals surface area (Å²) in [7, 11) is -7.10. The summed E-state index contributed by atoms with van der Waals surface area (Å²) < 4.78 is 67.7. The van der Waals surface area contributed by atoms with Crippen molar-refractivity contribution in [3.8, 4) is 5.75 Å². The van der Waals surface area contributed by atoms with E-state index >= 15 is 0 Å². The molecule has 41 heavy (non-hydrogen) atoms.